The van der Waals surface area contributed by atoms with Gasteiger partial charge in [-0.15, -0.1) is 0 Å². The number of hydrogen-bond acceptors (Lipinski definition) is 4. The highest BCUT2D eigenvalue weighted by atomic mass is 16.5. The van der Waals surface area contributed by atoms with Crippen LogP contribution in [0.15, 0.2) is 11.8 Å². The molecule has 18 heavy (non-hydrogen) atoms. The Morgan fingerprint density at radius 1 is 1.39 bits per heavy atom. The first-order valence-electron chi connectivity index (χ1n) is 6.74. The van der Waals surface area contributed by atoms with Crippen LogP contribution in [-0.2, 0) is 14.3 Å². The first kappa shape index (κ1) is 13.1. The SMILES string of the molecule is COC(=O)CC1CCN(C2=CC(=O)CCC2)CC1. The molecule has 0 aromatic rings. The molecule has 1 aliphatic carbocycles. The van der Waals surface area contributed by atoms with E-state index >= 15 is 0 Å². The van der Waals surface area contributed by atoms with Gasteiger partial charge in [-0.1, -0.05) is 0 Å². The van der Waals surface area contributed by atoms with Gasteiger partial charge in [-0.2, -0.15) is 0 Å². The normalized spacial score (nSPS) is 21.7. The number of rotatable bonds is 3. The molecular weight excluding hydrogens is 230 g/mol. The minimum atomic E-state index is -0.111. The highest BCUT2D eigenvalue weighted by Gasteiger charge is 2.24. The summed E-state index contributed by atoms with van der Waals surface area (Å²) >= 11 is 0. The second-order valence-electron chi connectivity index (χ2n) is 5.17. The van der Waals surface area contributed by atoms with E-state index in [9.17, 15) is 9.59 Å². The van der Waals surface area contributed by atoms with E-state index < -0.39 is 0 Å². The molecule has 0 amide bonds. The molecule has 4 nitrogen and oxygen atoms in total. The largest absolute Gasteiger partial charge is 0.469 e. The van der Waals surface area contributed by atoms with Gasteiger partial charge in [0.1, 0.15) is 0 Å². The summed E-state index contributed by atoms with van der Waals surface area (Å²) in [5.41, 5.74) is 1.20. The highest BCUT2D eigenvalue weighted by Crippen LogP contribution is 2.27. The number of hydrogen-bond donors (Lipinski definition) is 0. The van der Waals surface area contributed by atoms with Crippen LogP contribution in [0.1, 0.15) is 38.5 Å². The van der Waals surface area contributed by atoms with Crippen molar-refractivity contribution in [3.63, 3.8) is 0 Å². The summed E-state index contributed by atoms with van der Waals surface area (Å²) in [6, 6.07) is 0. The zero-order chi connectivity index (χ0) is 13.0. The van der Waals surface area contributed by atoms with E-state index in [0.29, 0.717) is 18.8 Å². The average Bonchev–Trinajstić information content (AvgIpc) is 2.39. The molecule has 1 saturated heterocycles. The number of carbonyl (C=O) groups excluding carboxylic acids is 2. The van der Waals surface area contributed by atoms with Gasteiger partial charge in [0.15, 0.2) is 5.78 Å². The molecule has 2 rings (SSSR count). The number of methoxy groups -OCH3 is 1. The minimum absolute atomic E-state index is 0.111. The third kappa shape index (κ3) is 3.34. The summed E-state index contributed by atoms with van der Waals surface area (Å²) in [4.78, 5) is 24.9. The van der Waals surface area contributed by atoms with Gasteiger partial charge in [0.2, 0.25) is 0 Å². The van der Waals surface area contributed by atoms with Gasteiger partial charge < -0.3 is 9.64 Å². The van der Waals surface area contributed by atoms with Gasteiger partial charge in [-0.25, -0.2) is 0 Å². The van der Waals surface area contributed by atoms with Crippen LogP contribution in [-0.4, -0.2) is 36.9 Å². The number of likely N-dealkylation sites (tertiary alicyclic amines) is 1. The second-order valence-corrected chi connectivity index (χ2v) is 5.17. The Morgan fingerprint density at radius 2 is 2.11 bits per heavy atom. The molecule has 1 heterocycles. The first-order valence-corrected chi connectivity index (χ1v) is 6.74. The Balaban J connectivity index is 1.83. The van der Waals surface area contributed by atoms with E-state index in [1.165, 1.54) is 12.8 Å². The van der Waals surface area contributed by atoms with Crippen molar-refractivity contribution in [2.45, 2.75) is 38.5 Å². The summed E-state index contributed by atoms with van der Waals surface area (Å²) in [6.45, 7) is 1.92. The van der Waals surface area contributed by atoms with Crippen LogP contribution in [0.3, 0.4) is 0 Å². The topological polar surface area (TPSA) is 46.6 Å². The van der Waals surface area contributed by atoms with E-state index in [-0.39, 0.29) is 11.8 Å². The summed E-state index contributed by atoms with van der Waals surface area (Å²) in [5, 5.41) is 0. The van der Waals surface area contributed by atoms with Gasteiger partial charge in [-0.05, 0) is 31.6 Å². The van der Waals surface area contributed by atoms with Crippen molar-refractivity contribution in [1.29, 1.82) is 0 Å². The predicted octanol–water partition coefficient (Wildman–Crippen LogP) is 1.90. The van der Waals surface area contributed by atoms with E-state index in [1.807, 2.05) is 6.08 Å². The lowest BCUT2D eigenvalue weighted by atomic mass is 9.92. The smallest absolute Gasteiger partial charge is 0.305 e. The number of ketones is 1. The third-order valence-electron chi connectivity index (χ3n) is 3.89. The van der Waals surface area contributed by atoms with E-state index in [4.69, 9.17) is 4.74 Å². The molecule has 4 heteroatoms. The number of nitrogens with zero attached hydrogens (tertiary/aromatic N) is 1. The van der Waals surface area contributed by atoms with Crippen molar-refractivity contribution in [2.75, 3.05) is 20.2 Å². The van der Waals surface area contributed by atoms with Crippen LogP contribution in [0, 0.1) is 5.92 Å². The standard InChI is InChI=1S/C14H21NO3/c1-18-14(17)9-11-5-7-15(8-6-11)12-3-2-4-13(16)10-12/h10-11H,2-9H2,1H3. The Bertz CT molecular complexity index is 354. The van der Waals surface area contributed by atoms with Crippen molar-refractivity contribution in [3.8, 4) is 0 Å². The Morgan fingerprint density at radius 3 is 2.72 bits per heavy atom. The van der Waals surface area contributed by atoms with Crippen LogP contribution in [0.5, 0.6) is 0 Å². The molecule has 0 N–H and O–H groups in total. The molecule has 0 unspecified atom stereocenters. The van der Waals surface area contributed by atoms with Crippen LogP contribution in [0.25, 0.3) is 0 Å². The Kier molecular flexibility index (Phi) is 4.39. The zero-order valence-corrected chi connectivity index (χ0v) is 11.0. The Labute approximate surface area is 108 Å². The molecule has 0 spiro atoms. The number of piperidine rings is 1. The fourth-order valence-corrected chi connectivity index (χ4v) is 2.77. The van der Waals surface area contributed by atoms with Gasteiger partial charge in [-0.3, -0.25) is 9.59 Å². The molecule has 0 aromatic carbocycles. The molecule has 0 radical (unpaired) electrons. The number of esters is 1. The number of ether oxygens (including phenoxy) is 1. The van der Waals surface area contributed by atoms with Crippen molar-refractivity contribution >= 4 is 11.8 Å². The lowest BCUT2D eigenvalue weighted by Crippen LogP contribution is -2.35. The van der Waals surface area contributed by atoms with Gasteiger partial charge in [0, 0.05) is 37.7 Å². The fraction of sp³-hybridized carbons (Fsp3) is 0.714. The highest BCUT2D eigenvalue weighted by molar-refractivity contribution is 5.91. The summed E-state index contributed by atoms with van der Waals surface area (Å²) in [7, 11) is 1.44. The average molecular weight is 251 g/mol. The molecule has 0 saturated carbocycles. The third-order valence-corrected chi connectivity index (χ3v) is 3.89. The molecule has 100 valence electrons. The predicted molar refractivity (Wildman–Crippen MR) is 67.9 cm³/mol. The number of carbonyl (C=O) groups is 2. The maximum absolute atomic E-state index is 11.4. The Hall–Kier alpha value is -1.32. The quantitative estimate of drug-likeness (QED) is 0.719. The van der Waals surface area contributed by atoms with E-state index in [1.54, 1.807) is 0 Å². The maximum atomic E-state index is 11.4. The fourth-order valence-electron chi connectivity index (χ4n) is 2.77. The van der Waals surface area contributed by atoms with E-state index in [2.05, 4.69) is 4.90 Å². The van der Waals surface area contributed by atoms with Gasteiger partial charge in [0.25, 0.3) is 0 Å². The summed E-state index contributed by atoms with van der Waals surface area (Å²) < 4.78 is 4.70. The van der Waals surface area contributed by atoms with Crippen molar-refractivity contribution < 1.29 is 14.3 Å². The molecule has 2 aliphatic rings. The van der Waals surface area contributed by atoms with Crippen LogP contribution in [0.4, 0.5) is 0 Å². The van der Waals surface area contributed by atoms with E-state index in [0.717, 1.165) is 38.8 Å². The molecular formula is C14H21NO3. The van der Waals surface area contributed by atoms with Gasteiger partial charge >= 0.3 is 5.97 Å². The first-order chi connectivity index (χ1) is 8.69. The molecule has 1 aliphatic heterocycles. The maximum Gasteiger partial charge on any atom is 0.305 e. The molecule has 1 fully saturated rings. The lowest BCUT2D eigenvalue weighted by Gasteiger charge is -2.35. The summed E-state index contributed by atoms with van der Waals surface area (Å²) in [5.74, 6) is 0.585. The van der Waals surface area contributed by atoms with Crippen LogP contribution in [0.2, 0.25) is 0 Å². The van der Waals surface area contributed by atoms with Crippen molar-refractivity contribution in [2.24, 2.45) is 5.92 Å². The van der Waals surface area contributed by atoms with Crippen LogP contribution >= 0.6 is 0 Å². The van der Waals surface area contributed by atoms with Crippen molar-refractivity contribution in [1.82, 2.24) is 4.90 Å². The molecule has 0 atom stereocenters. The number of allylic oxidation sites excluding steroid dienone is 2. The zero-order valence-electron chi connectivity index (χ0n) is 11.0. The molecule has 0 aromatic heterocycles. The van der Waals surface area contributed by atoms with Crippen molar-refractivity contribution in [3.05, 3.63) is 11.8 Å². The van der Waals surface area contributed by atoms with Crippen LogP contribution < -0.4 is 0 Å². The summed E-state index contributed by atoms with van der Waals surface area (Å²) in [6.07, 6.45) is 7.07. The lowest BCUT2D eigenvalue weighted by molar-refractivity contribution is -0.142. The molecule has 0 bridgehead atoms. The minimum Gasteiger partial charge on any atom is -0.469 e. The van der Waals surface area contributed by atoms with Gasteiger partial charge in [0.05, 0.1) is 7.11 Å². The monoisotopic (exact) mass is 251 g/mol. The second kappa shape index (κ2) is 6.03.